The van der Waals surface area contributed by atoms with E-state index in [0.717, 1.165) is 40.4 Å². The van der Waals surface area contributed by atoms with Gasteiger partial charge in [-0.05, 0) is 113 Å². The van der Waals surface area contributed by atoms with Crippen molar-refractivity contribution in [3.63, 3.8) is 0 Å². The number of carbonyl (C=O) groups is 2. The Morgan fingerprint density at radius 3 is 2.15 bits per heavy atom. The summed E-state index contributed by atoms with van der Waals surface area (Å²) in [4.78, 5) is 30.9. The number of rotatable bonds is 10. The summed E-state index contributed by atoms with van der Waals surface area (Å²) in [5, 5.41) is 10.2. The van der Waals surface area contributed by atoms with Gasteiger partial charge < -0.3 is 29.3 Å². The van der Waals surface area contributed by atoms with E-state index >= 15 is 0 Å². The number of anilines is 1. The van der Waals surface area contributed by atoms with Crippen molar-refractivity contribution in [3.8, 4) is 11.5 Å². The van der Waals surface area contributed by atoms with E-state index in [9.17, 15) is 14.7 Å². The summed E-state index contributed by atoms with van der Waals surface area (Å²) in [6, 6.07) is 19.1. The number of hydrogen-bond acceptors (Lipinski definition) is 5. The minimum Gasteiger partial charge on any atom is -0.493 e. The van der Waals surface area contributed by atoms with E-state index in [1.54, 1.807) is 12.0 Å². The molecule has 9 heteroatoms. The van der Waals surface area contributed by atoms with Crippen molar-refractivity contribution in [1.29, 1.82) is 0 Å². The molecule has 1 aliphatic carbocycles. The molecule has 260 valence electrons. The van der Waals surface area contributed by atoms with Crippen molar-refractivity contribution in [2.24, 2.45) is 0 Å². The number of halogens is 1. The molecule has 48 heavy (non-hydrogen) atoms. The first kappa shape index (κ1) is 37.1. The van der Waals surface area contributed by atoms with Gasteiger partial charge in [-0.15, -0.1) is 0 Å². The average molecular weight is 678 g/mol. The maximum absolute atomic E-state index is 13.7. The molecule has 3 aromatic carbocycles. The van der Waals surface area contributed by atoms with Gasteiger partial charge in [0.15, 0.2) is 11.5 Å². The smallest absolute Gasteiger partial charge is 0.407 e. The van der Waals surface area contributed by atoms with Gasteiger partial charge in [0.05, 0.1) is 31.7 Å². The highest BCUT2D eigenvalue weighted by Gasteiger charge is 2.36. The van der Waals surface area contributed by atoms with Crippen molar-refractivity contribution in [1.82, 2.24) is 9.80 Å². The number of fused-ring (bicyclic) bond motifs is 1. The predicted octanol–water partition coefficient (Wildman–Crippen LogP) is 9.15. The zero-order valence-electron chi connectivity index (χ0n) is 29.5. The molecule has 1 heterocycles. The Balaban J connectivity index is 0.000000500. The second-order valence-electron chi connectivity index (χ2n) is 13.0. The molecule has 0 bridgehead atoms. The van der Waals surface area contributed by atoms with Crippen LogP contribution in [0.3, 0.4) is 0 Å². The molecular formula is C39H52ClN3O5. The summed E-state index contributed by atoms with van der Waals surface area (Å²) < 4.78 is 11.8. The minimum atomic E-state index is -0.967. The van der Waals surface area contributed by atoms with Gasteiger partial charge in [-0.25, -0.2) is 4.79 Å². The second kappa shape index (κ2) is 17.1. The molecule has 0 spiro atoms. The fraction of sp³-hybridized carbons (Fsp3) is 0.487. The maximum Gasteiger partial charge on any atom is 0.407 e. The van der Waals surface area contributed by atoms with Crippen LogP contribution in [0.25, 0.3) is 0 Å². The van der Waals surface area contributed by atoms with Crippen LogP contribution in [0.5, 0.6) is 11.5 Å². The molecule has 0 aromatic heterocycles. The molecule has 8 nitrogen and oxygen atoms in total. The van der Waals surface area contributed by atoms with Gasteiger partial charge in [0.2, 0.25) is 5.91 Å². The summed E-state index contributed by atoms with van der Waals surface area (Å²) in [5.74, 6) is 1.18. The standard InChI is InChI=1S/C31H35ClN2O5.C8H17N/c1-6-19(3)39-28-18-26-23(16-27(28)38-5)17-29(35)34(30(26)22-8-12-24(32)13-9-22)25-14-10-21(11-15-25)20(4)33(7-2)31(36)37;1-9(2)8-6-4-3-5-7-8/h8-16,18-20,30H,6-7,17H2,1-5H3,(H,36,37);8H,3-7H2,1-2H3/t19-,20?,30?;/m1./s1. The summed E-state index contributed by atoms with van der Waals surface area (Å²) >= 11 is 6.21. The van der Waals surface area contributed by atoms with Crippen LogP contribution in [0.15, 0.2) is 60.7 Å². The van der Waals surface area contributed by atoms with Gasteiger partial charge in [0, 0.05) is 23.3 Å². The topological polar surface area (TPSA) is 82.5 Å². The number of methoxy groups -OCH3 is 1. The van der Waals surface area contributed by atoms with E-state index in [-0.39, 0.29) is 24.5 Å². The van der Waals surface area contributed by atoms with Gasteiger partial charge in [0.1, 0.15) is 0 Å². The normalized spacial score (nSPS) is 17.6. The molecule has 1 N–H and O–H groups in total. The quantitative estimate of drug-likeness (QED) is 0.230. The van der Waals surface area contributed by atoms with Crippen LogP contribution >= 0.6 is 11.6 Å². The number of hydrogen-bond donors (Lipinski definition) is 1. The number of ether oxygens (including phenoxy) is 2. The Morgan fingerprint density at radius 1 is 0.979 bits per heavy atom. The van der Waals surface area contributed by atoms with E-state index in [2.05, 4.69) is 25.9 Å². The van der Waals surface area contributed by atoms with Crippen molar-refractivity contribution >= 4 is 29.3 Å². The predicted molar refractivity (Wildman–Crippen MR) is 194 cm³/mol. The van der Waals surface area contributed by atoms with Crippen LogP contribution in [0.2, 0.25) is 5.02 Å². The van der Waals surface area contributed by atoms with Crippen LogP contribution in [-0.4, -0.2) is 66.8 Å². The fourth-order valence-corrected chi connectivity index (χ4v) is 6.77. The Labute approximate surface area is 291 Å². The van der Waals surface area contributed by atoms with Crippen LogP contribution < -0.4 is 14.4 Å². The summed E-state index contributed by atoms with van der Waals surface area (Å²) in [6.45, 7) is 8.12. The molecule has 2 amide bonds. The van der Waals surface area contributed by atoms with Gasteiger partial charge in [0.25, 0.3) is 0 Å². The molecule has 3 aromatic rings. The summed E-state index contributed by atoms with van der Waals surface area (Å²) in [6.07, 6.45) is 7.28. The Hall–Kier alpha value is -3.75. The third-order valence-electron chi connectivity index (χ3n) is 9.69. The van der Waals surface area contributed by atoms with Crippen LogP contribution in [0.1, 0.15) is 101 Å². The molecule has 1 aliphatic heterocycles. The molecule has 0 saturated heterocycles. The first-order valence-corrected chi connectivity index (χ1v) is 17.6. The van der Waals surface area contributed by atoms with E-state index in [1.165, 1.54) is 37.0 Å². The lowest BCUT2D eigenvalue weighted by Gasteiger charge is -2.38. The fourth-order valence-electron chi connectivity index (χ4n) is 6.64. The zero-order chi connectivity index (χ0) is 35.0. The van der Waals surface area contributed by atoms with Gasteiger partial charge in [-0.1, -0.05) is 62.1 Å². The highest BCUT2D eigenvalue weighted by Crippen LogP contribution is 2.44. The minimum absolute atomic E-state index is 0.00437. The SMILES string of the molecule is CC[C@@H](C)Oc1cc2c(cc1OC)CC(=O)N(c1ccc(C(C)N(CC)C(=O)O)cc1)C2c1ccc(Cl)cc1.CN(C)C1CCCCC1. The van der Waals surface area contributed by atoms with E-state index in [1.807, 2.05) is 81.4 Å². The van der Waals surface area contributed by atoms with Gasteiger partial charge >= 0.3 is 6.09 Å². The van der Waals surface area contributed by atoms with Gasteiger partial charge in [-0.2, -0.15) is 0 Å². The lowest BCUT2D eigenvalue weighted by molar-refractivity contribution is -0.118. The Morgan fingerprint density at radius 2 is 1.62 bits per heavy atom. The van der Waals surface area contributed by atoms with Crippen LogP contribution in [0, 0.1) is 0 Å². The largest absolute Gasteiger partial charge is 0.493 e. The lowest BCUT2D eigenvalue weighted by Crippen LogP contribution is -2.41. The molecule has 0 radical (unpaired) electrons. The highest BCUT2D eigenvalue weighted by molar-refractivity contribution is 6.30. The number of carbonyl (C=O) groups excluding carboxylic acids is 1. The highest BCUT2D eigenvalue weighted by atomic mass is 35.5. The third kappa shape index (κ3) is 8.83. The number of benzene rings is 3. The maximum atomic E-state index is 13.7. The Bertz CT molecular complexity index is 1510. The Kier molecular flexibility index (Phi) is 13.2. The first-order valence-electron chi connectivity index (χ1n) is 17.2. The lowest BCUT2D eigenvalue weighted by atomic mass is 9.86. The third-order valence-corrected chi connectivity index (χ3v) is 9.94. The number of nitrogens with zero attached hydrogens (tertiary/aromatic N) is 3. The second-order valence-corrected chi connectivity index (χ2v) is 13.5. The molecule has 1 fully saturated rings. The van der Waals surface area contributed by atoms with Crippen molar-refractivity contribution in [2.75, 3.05) is 32.6 Å². The van der Waals surface area contributed by atoms with Crippen molar-refractivity contribution in [2.45, 2.75) is 96.9 Å². The molecule has 5 rings (SSSR count). The zero-order valence-corrected chi connectivity index (χ0v) is 30.3. The summed E-state index contributed by atoms with van der Waals surface area (Å²) in [7, 11) is 5.98. The molecule has 1 saturated carbocycles. The van der Waals surface area contributed by atoms with E-state index in [4.69, 9.17) is 21.1 Å². The monoisotopic (exact) mass is 677 g/mol. The van der Waals surface area contributed by atoms with Crippen molar-refractivity contribution in [3.05, 3.63) is 87.9 Å². The molecule has 2 unspecified atom stereocenters. The molecule has 3 atom stereocenters. The van der Waals surface area contributed by atoms with Crippen molar-refractivity contribution < 1.29 is 24.2 Å². The van der Waals surface area contributed by atoms with Crippen LogP contribution in [0.4, 0.5) is 10.5 Å². The number of amides is 2. The number of carboxylic acid groups (broad SMARTS) is 1. The van der Waals surface area contributed by atoms with E-state index < -0.39 is 12.1 Å². The summed E-state index contributed by atoms with van der Waals surface area (Å²) in [5.41, 5.74) is 4.32. The molecular weight excluding hydrogens is 626 g/mol. The first-order chi connectivity index (χ1) is 23.0. The van der Waals surface area contributed by atoms with Crippen LogP contribution in [-0.2, 0) is 11.2 Å². The average Bonchev–Trinajstić information content (AvgIpc) is 3.08. The molecule has 2 aliphatic rings. The van der Waals surface area contributed by atoms with Gasteiger partial charge in [-0.3, -0.25) is 4.79 Å². The van der Waals surface area contributed by atoms with E-state index in [0.29, 0.717) is 23.1 Å².